The summed E-state index contributed by atoms with van der Waals surface area (Å²) < 4.78 is 0. The molecule has 1 aliphatic heterocycles. The molecule has 6 nitrogen and oxygen atoms in total. The van der Waals surface area contributed by atoms with E-state index in [0.717, 1.165) is 10.5 Å². The van der Waals surface area contributed by atoms with E-state index >= 15 is 0 Å². The summed E-state index contributed by atoms with van der Waals surface area (Å²) in [6.45, 7) is 0.416. The highest BCUT2D eigenvalue weighted by Crippen LogP contribution is 2.28. The molecule has 0 unspecified atom stereocenters. The quantitative estimate of drug-likeness (QED) is 0.685. The number of anilines is 2. The van der Waals surface area contributed by atoms with Crippen LogP contribution < -0.4 is 15.5 Å². The minimum Gasteiger partial charge on any atom is -0.334 e. The fourth-order valence-electron chi connectivity index (χ4n) is 3.07. The predicted octanol–water partition coefficient (Wildman–Crippen LogP) is 3.81. The summed E-state index contributed by atoms with van der Waals surface area (Å²) in [5.74, 6) is -0.691. The van der Waals surface area contributed by atoms with Crippen LogP contribution in [0.3, 0.4) is 0 Å². The summed E-state index contributed by atoms with van der Waals surface area (Å²) in [5, 5.41) is 5.51. The van der Waals surface area contributed by atoms with Gasteiger partial charge in [-0.2, -0.15) is 0 Å². The molecule has 4 rings (SSSR count). The van der Waals surface area contributed by atoms with Crippen molar-refractivity contribution in [1.82, 2.24) is 5.32 Å². The van der Waals surface area contributed by atoms with Gasteiger partial charge in [0.2, 0.25) is 0 Å². The molecule has 4 amide bonds. The van der Waals surface area contributed by atoms with Gasteiger partial charge in [-0.15, -0.1) is 0 Å². The number of imide groups is 1. The van der Waals surface area contributed by atoms with Crippen LogP contribution in [0.25, 0.3) is 0 Å². The first-order valence-corrected chi connectivity index (χ1v) is 8.80. The molecule has 0 bridgehead atoms. The zero-order valence-electron chi connectivity index (χ0n) is 14.9. The summed E-state index contributed by atoms with van der Waals surface area (Å²) in [7, 11) is 0. The van der Waals surface area contributed by atoms with Crippen molar-refractivity contribution in [3.8, 4) is 0 Å². The Morgan fingerprint density at radius 3 is 1.93 bits per heavy atom. The summed E-state index contributed by atoms with van der Waals surface area (Å²) in [4.78, 5) is 38.2. The average molecular weight is 371 g/mol. The topological polar surface area (TPSA) is 78.5 Å². The second kappa shape index (κ2) is 7.36. The zero-order chi connectivity index (χ0) is 19.5. The molecule has 0 spiro atoms. The van der Waals surface area contributed by atoms with E-state index in [4.69, 9.17) is 0 Å². The van der Waals surface area contributed by atoms with E-state index in [0.29, 0.717) is 29.0 Å². The molecule has 6 heteroatoms. The summed E-state index contributed by atoms with van der Waals surface area (Å²) in [6.07, 6.45) is 0. The van der Waals surface area contributed by atoms with Crippen LogP contribution in [-0.4, -0.2) is 17.8 Å². The van der Waals surface area contributed by atoms with Gasteiger partial charge >= 0.3 is 6.03 Å². The lowest BCUT2D eigenvalue weighted by Crippen LogP contribution is -2.29. The number of fused-ring (bicyclic) bond motifs is 1. The van der Waals surface area contributed by atoms with Crippen LogP contribution in [0, 0.1) is 0 Å². The number of rotatable bonds is 4. The van der Waals surface area contributed by atoms with Crippen molar-refractivity contribution in [2.24, 2.45) is 0 Å². The van der Waals surface area contributed by atoms with Gasteiger partial charge in [-0.05, 0) is 42.0 Å². The van der Waals surface area contributed by atoms with Crippen molar-refractivity contribution in [1.29, 1.82) is 0 Å². The van der Waals surface area contributed by atoms with E-state index in [2.05, 4.69) is 10.6 Å². The highest BCUT2D eigenvalue weighted by Gasteiger charge is 2.36. The first kappa shape index (κ1) is 17.5. The molecule has 3 aromatic rings. The van der Waals surface area contributed by atoms with Crippen LogP contribution in [0.5, 0.6) is 0 Å². The van der Waals surface area contributed by atoms with Gasteiger partial charge in [-0.25, -0.2) is 9.69 Å². The van der Waals surface area contributed by atoms with Crippen molar-refractivity contribution in [3.63, 3.8) is 0 Å². The maximum atomic E-state index is 12.5. The second-order valence-electron chi connectivity index (χ2n) is 6.33. The number of nitrogens with zero attached hydrogens (tertiary/aromatic N) is 1. The molecular formula is C22H17N3O3. The number of carbonyl (C=O) groups excluding carboxylic acids is 3. The van der Waals surface area contributed by atoms with Crippen molar-refractivity contribution < 1.29 is 14.4 Å². The Balaban J connectivity index is 1.41. The molecule has 28 heavy (non-hydrogen) atoms. The molecule has 0 aliphatic carbocycles. The van der Waals surface area contributed by atoms with Crippen molar-refractivity contribution in [3.05, 3.63) is 95.6 Å². The lowest BCUT2D eigenvalue weighted by Gasteiger charge is -2.14. The third kappa shape index (κ3) is 3.35. The normalized spacial score (nSPS) is 12.6. The van der Waals surface area contributed by atoms with Crippen LogP contribution in [0.4, 0.5) is 16.2 Å². The van der Waals surface area contributed by atoms with E-state index in [9.17, 15) is 14.4 Å². The predicted molar refractivity (Wildman–Crippen MR) is 106 cm³/mol. The Labute approximate surface area is 161 Å². The maximum absolute atomic E-state index is 12.5. The second-order valence-corrected chi connectivity index (χ2v) is 6.33. The first-order valence-electron chi connectivity index (χ1n) is 8.80. The number of hydrogen-bond acceptors (Lipinski definition) is 3. The largest absolute Gasteiger partial charge is 0.334 e. The smallest absolute Gasteiger partial charge is 0.319 e. The standard InChI is InChI=1S/C22H17N3O3/c26-20-18-8-4-5-9-19(18)21(27)25(20)17-12-10-16(11-13-17)24-22(28)23-14-15-6-2-1-3-7-15/h1-13H,14H2,(H2,23,24,28). The third-order valence-corrected chi connectivity index (χ3v) is 4.47. The van der Waals surface area contributed by atoms with Gasteiger partial charge in [0.15, 0.2) is 0 Å². The molecule has 0 aromatic heterocycles. The van der Waals surface area contributed by atoms with Gasteiger partial charge in [-0.3, -0.25) is 9.59 Å². The van der Waals surface area contributed by atoms with Crippen molar-refractivity contribution in [2.45, 2.75) is 6.54 Å². The van der Waals surface area contributed by atoms with Gasteiger partial charge in [0, 0.05) is 12.2 Å². The monoisotopic (exact) mass is 371 g/mol. The molecule has 2 N–H and O–H groups in total. The molecule has 0 saturated carbocycles. The number of nitrogens with one attached hydrogen (secondary N) is 2. The van der Waals surface area contributed by atoms with Gasteiger partial charge in [0.05, 0.1) is 16.8 Å². The Morgan fingerprint density at radius 1 is 0.750 bits per heavy atom. The number of carbonyl (C=O) groups is 3. The van der Waals surface area contributed by atoms with Crippen molar-refractivity contribution >= 4 is 29.2 Å². The lowest BCUT2D eigenvalue weighted by atomic mass is 10.1. The molecule has 0 radical (unpaired) electrons. The van der Waals surface area contributed by atoms with Gasteiger partial charge in [0.25, 0.3) is 11.8 Å². The summed E-state index contributed by atoms with van der Waals surface area (Å²) in [6, 6.07) is 22.6. The summed E-state index contributed by atoms with van der Waals surface area (Å²) >= 11 is 0. The number of hydrogen-bond donors (Lipinski definition) is 2. The Hall–Kier alpha value is -3.93. The van der Waals surface area contributed by atoms with Gasteiger partial charge in [0.1, 0.15) is 0 Å². The van der Waals surface area contributed by atoms with Crippen LogP contribution >= 0.6 is 0 Å². The first-order chi connectivity index (χ1) is 13.6. The fourth-order valence-corrected chi connectivity index (χ4v) is 3.07. The molecule has 0 atom stereocenters. The van der Waals surface area contributed by atoms with E-state index in [1.54, 1.807) is 48.5 Å². The summed E-state index contributed by atoms with van der Waals surface area (Å²) in [5.41, 5.74) is 2.82. The fraction of sp³-hybridized carbons (Fsp3) is 0.0455. The van der Waals surface area contributed by atoms with Crippen LogP contribution in [0.15, 0.2) is 78.9 Å². The third-order valence-electron chi connectivity index (χ3n) is 4.47. The van der Waals surface area contributed by atoms with Gasteiger partial charge in [-0.1, -0.05) is 42.5 Å². The van der Waals surface area contributed by atoms with E-state index in [1.807, 2.05) is 30.3 Å². The average Bonchev–Trinajstić information content (AvgIpc) is 2.99. The van der Waals surface area contributed by atoms with Gasteiger partial charge < -0.3 is 10.6 Å². The Morgan fingerprint density at radius 2 is 1.32 bits per heavy atom. The molecule has 0 fully saturated rings. The van der Waals surface area contributed by atoms with E-state index in [1.165, 1.54) is 0 Å². The minimum atomic E-state index is -0.345. The lowest BCUT2D eigenvalue weighted by molar-refractivity contribution is 0.0926. The van der Waals surface area contributed by atoms with Crippen LogP contribution in [-0.2, 0) is 6.54 Å². The maximum Gasteiger partial charge on any atom is 0.319 e. The minimum absolute atomic E-state index is 0.336. The molecule has 138 valence electrons. The molecule has 1 heterocycles. The van der Waals surface area contributed by atoms with Crippen LogP contribution in [0.1, 0.15) is 26.3 Å². The number of benzene rings is 3. The molecule has 3 aromatic carbocycles. The zero-order valence-corrected chi connectivity index (χ0v) is 14.9. The molecular weight excluding hydrogens is 354 g/mol. The highest BCUT2D eigenvalue weighted by molar-refractivity contribution is 6.34. The van der Waals surface area contributed by atoms with E-state index in [-0.39, 0.29) is 17.8 Å². The molecule has 0 saturated heterocycles. The van der Waals surface area contributed by atoms with Crippen LogP contribution in [0.2, 0.25) is 0 Å². The SMILES string of the molecule is O=C(NCc1ccccc1)Nc1ccc(N2C(=O)c3ccccc3C2=O)cc1. The Kier molecular flexibility index (Phi) is 4.60. The Bertz CT molecular complexity index is 1010. The van der Waals surface area contributed by atoms with E-state index < -0.39 is 0 Å². The highest BCUT2D eigenvalue weighted by atomic mass is 16.2. The number of urea groups is 1. The number of amides is 4. The van der Waals surface area contributed by atoms with Crippen molar-refractivity contribution in [2.75, 3.05) is 10.2 Å². The molecule has 1 aliphatic rings.